The molecule has 4 heteroatoms. The molecule has 0 aromatic heterocycles. The zero-order chi connectivity index (χ0) is 11.3. The Morgan fingerprint density at radius 2 is 2.12 bits per heavy atom. The summed E-state index contributed by atoms with van der Waals surface area (Å²) in [4.78, 5) is 13.9. The van der Waals surface area contributed by atoms with Gasteiger partial charge in [0.15, 0.2) is 0 Å². The number of nitriles is 1. The molecule has 1 amide bonds. The zero-order valence-electron chi connectivity index (χ0n) is 9.22. The van der Waals surface area contributed by atoms with Gasteiger partial charge in [0.2, 0.25) is 5.91 Å². The van der Waals surface area contributed by atoms with Crippen molar-refractivity contribution in [3.05, 3.63) is 0 Å². The van der Waals surface area contributed by atoms with Gasteiger partial charge in [-0.15, -0.1) is 0 Å². The lowest BCUT2D eigenvalue weighted by atomic mass is 10.00. The van der Waals surface area contributed by atoms with Gasteiger partial charge in [-0.1, -0.05) is 0 Å². The SMILES string of the molecule is N#CC1(C(=O)N2CC3CCC(O)C3C2)CC1. The Bertz CT molecular complexity index is 370. The lowest BCUT2D eigenvalue weighted by Gasteiger charge is -2.20. The second-order valence-electron chi connectivity index (χ2n) is 5.47. The molecule has 3 fully saturated rings. The summed E-state index contributed by atoms with van der Waals surface area (Å²) < 4.78 is 0. The van der Waals surface area contributed by atoms with E-state index in [1.807, 2.05) is 4.90 Å². The highest BCUT2D eigenvalue weighted by molar-refractivity contribution is 5.88. The van der Waals surface area contributed by atoms with Crippen molar-refractivity contribution in [2.45, 2.75) is 31.8 Å². The van der Waals surface area contributed by atoms with Crippen LogP contribution < -0.4 is 0 Å². The lowest BCUT2D eigenvalue weighted by Crippen LogP contribution is -2.36. The zero-order valence-corrected chi connectivity index (χ0v) is 9.22. The molecule has 0 radical (unpaired) electrons. The highest BCUT2D eigenvalue weighted by atomic mass is 16.3. The standard InChI is InChI=1S/C12H16N2O2/c13-7-12(3-4-12)11(16)14-5-8-1-2-10(15)9(8)6-14/h8-10,15H,1-6H2. The lowest BCUT2D eigenvalue weighted by molar-refractivity contribution is -0.134. The number of fused-ring (bicyclic) bond motifs is 1. The third-order valence-electron chi connectivity index (χ3n) is 4.48. The summed E-state index contributed by atoms with van der Waals surface area (Å²) in [5, 5.41) is 18.8. The average molecular weight is 220 g/mol. The van der Waals surface area contributed by atoms with E-state index in [9.17, 15) is 9.90 Å². The Morgan fingerprint density at radius 1 is 1.38 bits per heavy atom. The fourth-order valence-electron chi connectivity index (χ4n) is 3.20. The summed E-state index contributed by atoms with van der Waals surface area (Å²) in [6, 6.07) is 2.15. The van der Waals surface area contributed by atoms with Crippen LogP contribution in [0, 0.1) is 28.6 Å². The molecule has 0 aromatic rings. The van der Waals surface area contributed by atoms with Crippen molar-refractivity contribution in [3.8, 4) is 6.07 Å². The molecule has 2 aliphatic carbocycles. The Kier molecular flexibility index (Phi) is 2.02. The molecule has 1 N–H and O–H groups in total. The van der Waals surface area contributed by atoms with Crippen LogP contribution in [0.25, 0.3) is 0 Å². The number of amides is 1. The molecular formula is C12H16N2O2. The highest BCUT2D eigenvalue weighted by Crippen LogP contribution is 2.48. The molecule has 2 saturated carbocycles. The fourth-order valence-corrected chi connectivity index (χ4v) is 3.20. The molecule has 1 aliphatic heterocycles. The van der Waals surface area contributed by atoms with Gasteiger partial charge in [-0.25, -0.2) is 0 Å². The molecule has 3 rings (SSSR count). The van der Waals surface area contributed by atoms with Crippen LogP contribution in [0.3, 0.4) is 0 Å². The molecule has 86 valence electrons. The maximum atomic E-state index is 12.1. The van der Waals surface area contributed by atoms with Crippen molar-refractivity contribution in [2.75, 3.05) is 13.1 Å². The predicted molar refractivity (Wildman–Crippen MR) is 56.1 cm³/mol. The van der Waals surface area contributed by atoms with E-state index in [0.717, 1.165) is 32.2 Å². The number of aliphatic hydroxyl groups excluding tert-OH is 1. The van der Waals surface area contributed by atoms with E-state index in [4.69, 9.17) is 5.26 Å². The van der Waals surface area contributed by atoms with E-state index in [-0.39, 0.29) is 17.9 Å². The van der Waals surface area contributed by atoms with Crippen LogP contribution >= 0.6 is 0 Å². The van der Waals surface area contributed by atoms with E-state index >= 15 is 0 Å². The number of likely N-dealkylation sites (tertiary alicyclic amines) is 1. The number of aliphatic hydroxyl groups is 1. The van der Waals surface area contributed by atoms with Gasteiger partial charge in [-0.3, -0.25) is 4.79 Å². The van der Waals surface area contributed by atoms with Gasteiger partial charge in [0.1, 0.15) is 5.41 Å². The quantitative estimate of drug-likeness (QED) is 0.700. The minimum absolute atomic E-state index is 0.0107. The fraction of sp³-hybridized carbons (Fsp3) is 0.833. The molecular weight excluding hydrogens is 204 g/mol. The third-order valence-corrected chi connectivity index (χ3v) is 4.48. The van der Waals surface area contributed by atoms with Crippen LogP contribution in [0.4, 0.5) is 0 Å². The summed E-state index contributed by atoms with van der Waals surface area (Å²) in [5.41, 5.74) is -0.691. The first kappa shape index (κ1) is 10.1. The van der Waals surface area contributed by atoms with Crippen LogP contribution in [0.1, 0.15) is 25.7 Å². The van der Waals surface area contributed by atoms with Gasteiger partial charge in [0, 0.05) is 19.0 Å². The maximum Gasteiger partial charge on any atom is 0.243 e. The van der Waals surface area contributed by atoms with Gasteiger partial charge in [-0.05, 0) is 31.6 Å². The number of hydrogen-bond acceptors (Lipinski definition) is 3. The summed E-state index contributed by atoms with van der Waals surface area (Å²) in [5.74, 6) is 0.739. The van der Waals surface area contributed by atoms with Gasteiger partial charge in [0.05, 0.1) is 12.2 Å². The van der Waals surface area contributed by atoms with Crippen LogP contribution in [-0.4, -0.2) is 35.1 Å². The van der Waals surface area contributed by atoms with Crippen LogP contribution in [0.2, 0.25) is 0 Å². The van der Waals surface area contributed by atoms with Crippen LogP contribution in [-0.2, 0) is 4.79 Å². The Labute approximate surface area is 94.8 Å². The molecule has 1 saturated heterocycles. The summed E-state index contributed by atoms with van der Waals surface area (Å²) in [6.45, 7) is 1.41. The second kappa shape index (κ2) is 3.21. The Morgan fingerprint density at radius 3 is 2.69 bits per heavy atom. The largest absolute Gasteiger partial charge is 0.393 e. The monoisotopic (exact) mass is 220 g/mol. The molecule has 4 nitrogen and oxygen atoms in total. The molecule has 16 heavy (non-hydrogen) atoms. The van der Waals surface area contributed by atoms with Gasteiger partial charge >= 0.3 is 0 Å². The number of rotatable bonds is 1. The minimum Gasteiger partial charge on any atom is -0.393 e. The van der Waals surface area contributed by atoms with E-state index in [0.29, 0.717) is 12.5 Å². The first-order valence-corrected chi connectivity index (χ1v) is 6.05. The first-order valence-electron chi connectivity index (χ1n) is 6.05. The number of nitrogens with zero attached hydrogens (tertiary/aromatic N) is 2. The van der Waals surface area contributed by atoms with E-state index in [1.165, 1.54) is 0 Å². The average Bonchev–Trinajstić information content (AvgIpc) is 2.86. The normalized spacial score (nSPS) is 39.2. The van der Waals surface area contributed by atoms with Gasteiger partial charge in [-0.2, -0.15) is 5.26 Å². The number of carbonyl (C=O) groups excluding carboxylic acids is 1. The summed E-state index contributed by atoms with van der Waals surface area (Å²) in [7, 11) is 0. The van der Waals surface area contributed by atoms with Crippen molar-refractivity contribution in [1.82, 2.24) is 4.90 Å². The van der Waals surface area contributed by atoms with Crippen LogP contribution in [0.5, 0.6) is 0 Å². The molecule has 0 bridgehead atoms. The molecule has 3 unspecified atom stereocenters. The molecule has 0 aromatic carbocycles. The van der Waals surface area contributed by atoms with Gasteiger partial charge in [0.25, 0.3) is 0 Å². The summed E-state index contributed by atoms with van der Waals surface area (Å²) in [6.07, 6.45) is 3.10. The van der Waals surface area contributed by atoms with E-state index in [2.05, 4.69) is 6.07 Å². The molecule has 3 atom stereocenters. The first-order chi connectivity index (χ1) is 7.66. The molecule has 0 spiro atoms. The topological polar surface area (TPSA) is 64.3 Å². The summed E-state index contributed by atoms with van der Waals surface area (Å²) >= 11 is 0. The van der Waals surface area contributed by atoms with Crippen molar-refractivity contribution >= 4 is 5.91 Å². The second-order valence-corrected chi connectivity index (χ2v) is 5.47. The van der Waals surface area contributed by atoms with Crippen molar-refractivity contribution in [2.24, 2.45) is 17.3 Å². The Balaban J connectivity index is 1.71. The minimum atomic E-state index is -0.691. The van der Waals surface area contributed by atoms with E-state index in [1.54, 1.807) is 0 Å². The Hall–Kier alpha value is -1.08. The molecule has 3 aliphatic rings. The highest BCUT2D eigenvalue weighted by Gasteiger charge is 2.55. The number of hydrogen-bond donors (Lipinski definition) is 1. The smallest absolute Gasteiger partial charge is 0.243 e. The maximum absolute atomic E-state index is 12.1. The third kappa shape index (κ3) is 1.28. The number of carbonyl (C=O) groups is 1. The van der Waals surface area contributed by atoms with E-state index < -0.39 is 5.41 Å². The van der Waals surface area contributed by atoms with Crippen molar-refractivity contribution < 1.29 is 9.90 Å². The van der Waals surface area contributed by atoms with Gasteiger partial charge < -0.3 is 10.0 Å². The van der Waals surface area contributed by atoms with Crippen LogP contribution in [0.15, 0.2) is 0 Å². The van der Waals surface area contributed by atoms with Crippen molar-refractivity contribution in [3.63, 3.8) is 0 Å². The van der Waals surface area contributed by atoms with Crippen molar-refractivity contribution in [1.29, 1.82) is 5.26 Å². The predicted octanol–water partition coefficient (Wildman–Crippen LogP) is 0.519. The molecule has 1 heterocycles.